The summed E-state index contributed by atoms with van der Waals surface area (Å²) in [5.41, 5.74) is 23.7. The highest BCUT2D eigenvalue weighted by atomic mass is 16.7. The van der Waals surface area contributed by atoms with E-state index in [0.29, 0.717) is 6.41 Å². The van der Waals surface area contributed by atoms with E-state index in [4.69, 9.17) is 41.9 Å². The molecule has 198 valence electrons. The fourth-order valence-electron chi connectivity index (χ4n) is 4.64. The summed E-state index contributed by atoms with van der Waals surface area (Å²) in [6.45, 7) is -0.564. The standard InChI is InChI=1S/C19H37N5O10/c20-3-10-9(27)2-7(22)18(31-10)34-17-8(24-5-26)1-6(21)16(15(17)30)33-19-14(29)12(23)13(28)11(4-25)32-19/h5-19,25,27-30H,1-4,20-23H2,(H,24,26). The minimum Gasteiger partial charge on any atom is -0.394 e. The molecule has 2 heterocycles. The first-order chi connectivity index (χ1) is 16.1. The summed E-state index contributed by atoms with van der Waals surface area (Å²) >= 11 is 0. The number of ether oxygens (including phenoxy) is 4. The van der Waals surface area contributed by atoms with Crippen LogP contribution in [0.4, 0.5) is 0 Å². The van der Waals surface area contributed by atoms with Crippen LogP contribution >= 0.6 is 0 Å². The monoisotopic (exact) mass is 495 g/mol. The van der Waals surface area contributed by atoms with Crippen molar-refractivity contribution in [1.29, 1.82) is 0 Å². The summed E-state index contributed by atoms with van der Waals surface area (Å²) in [6, 6.07) is -3.51. The summed E-state index contributed by atoms with van der Waals surface area (Å²) in [7, 11) is 0. The van der Waals surface area contributed by atoms with Gasteiger partial charge in [0.1, 0.15) is 36.6 Å². The maximum absolute atomic E-state index is 11.2. The van der Waals surface area contributed by atoms with Crippen LogP contribution < -0.4 is 28.3 Å². The molecule has 14 atom stereocenters. The molecule has 1 aliphatic carbocycles. The van der Waals surface area contributed by atoms with Gasteiger partial charge in [-0.25, -0.2) is 0 Å². The van der Waals surface area contributed by atoms with Crippen molar-refractivity contribution in [2.24, 2.45) is 22.9 Å². The van der Waals surface area contributed by atoms with Gasteiger partial charge < -0.3 is 72.7 Å². The Balaban J connectivity index is 1.76. The molecular formula is C19H37N5O10. The molecule has 15 nitrogen and oxygen atoms in total. The van der Waals surface area contributed by atoms with Crippen molar-refractivity contribution in [3.05, 3.63) is 0 Å². The molecule has 0 aromatic rings. The normalized spacial score (nSPS) is 50.0. The maximum atomic E-state index is 11.2. The molecule has 3 rings (SSSR count). The molecule has 15 heteroatoms. The van der Waals surface area contributed by atoms with E-state index in [2.05, 4.69) is 5.32 Å². The van der Waals surface area contributed by atoms with E-state index in [0.717, 1.165) is 0 Å². The van der Waals surface area contributed by atoms with E-state index < -0.39 is 92.2 Å². The molecule has 1 amide bonds. The van der Waals surface area contributed by atoms with Crippen molar-refractivity contribution in [3.8, 4) is 0 Å². The number of rotatable bonds is 8. The third-order valence-electron chi connectivity index (χ3n) is 6.65. The van der Waals surface area contributed by atoms with Gasteiger partial charge in [0.2, 0.25) is 6.41 Å². The van der Waals surface area contributed by atoms with Crippen molar-refractivity contribution in [2.75, 3.05) is 13.2 Å². The number of hydrogen-bond acceptors (Lipinski definition) is 14. The van der Waals surface area contributed by atoms with Gasteiger partial charge in [-0.2, -0.15) is 0 Å². The molecule has 2 aliphatic heterocycles. The molecule has 0 bridgehead atoms. The molecule has 0 aromatic carbocycles. The highest BCUT2D eigenvalue weighted by Gasteiger charge is 2.50. The SMILES string of the molecule is NCC1OC(OC2C(NC=O)CC(N)C(OC3OC(CO)C(O)C(N)C3O)C2O)C(N)CC1O. The summed E-state index contributed by atoms with van der Waals surface area (Å²) < 4.78 is 22.8. The summed E-state index contributed by atoms with van der Waals surface area (Å²) in [6.07, 6.45) is -11.0. The lowest BCUT2D eigenvalue weighted by molar-refractivity contribution is -0.315. The van der Waals surface area contributed by atoms with Crippen molar-refractivity contribution < 1.29 is 49.3 Å². The highest BCUT2D eigenvalue weighted by molar-refractivity contribution is 5.47. The van der Waals surface area contributed by atoms with Gasteiger partial charge in [-0.1, -0.05) is 0 Å². The van der Waals surface area contributed by atoms with Crippen LogP contribution in [0.25, 0.3) is 0 Å². The zero-order valence-electron chi connectivity index (χ0n) is 18.6. The molecule has 0 spiro atoms. The van der Waals surface area contributed by atoms with Gasteiger partial charge in [-0.15, -0.1) is 0 Å². The lowest BCUT2D eigenvalue weighted by Gasteiger charge is -2.48. The molecule has 14 N–H and O–H groups in total. The third-order valence-corrected chi connectivity index (χ3v) is 6.65. The Bertz CT molecular complexity index is 665. The predicted octanol–water partition coefficient (Wildman–Crippen LogP) is -6.51. The molecule has 1 saturated carbocycles. The van der Waals surface area contributed by atoms with Gasteiger partial charge in [-0.05, 0) is 12.8 Å². The van der Waals surface area contributed by atoms with Gasteiger partial charge >= 0.3 is 0 Å². The molecule has 3 fully saturated rings. The van der Waals surface area contributed by atoms with E-state index in [9.17, 15) is 30.3 Å². The Labute approximate surface area is 196 Å². The molecule has 0 radical (unpaired) electrons. The quantitative estimate of drug-likeness (QED) is 0.140. The van der Waals surface area contributed by atoms with Crippen LogP contribution in [0.3, 0.4) is 0 Å². The molecular weight excluding hydrogens is 458 g/mol. The first-order valence-electron chi connectivity index (χ1n) is 11.2. The second-order valence-electron chi connectivity index (χ2n) is 9.01. The topological polar surface area (TPSA) is 271 Å². The lowest BCUT2D eigenvalue weighted by atomic mass is 9.83. The van der Waals surface area contributed by atoms with E-state index in [1.54, 1.807) is 0 Å². The van der Waals surface area contributed by atoms with Crippen LogP contribution in [0.5, 0.6) is 0 Å². The number of carbonyl (C=O) groups excluding carboxylic acids is 1. The number of nitrogens with two attached hydrogens (primary N) is 4. The minimum atomic E-state index is -1.48. The van der Waals surface area contributed by atoms with E-state index >= 15 is 0 Å². The molecule has 3 aliphatic rings. The summed E-state index contributed by atoms with van der Waals surface area (Å²) in [4.78, 5) is 11.2. The summed E-state index contributed by atoms with van der Waals surface area (Å²) in [5, 5.41) is 53.6. The molecule has 2 saturated heterocycles. The minimum absolute atomic E-state index is 0.0165. The van der Waals surface area contributed by atoms with Crippen molar-refractivity contribution in [2.45, 2.75) is 98.4 Å². The van der Waals surface area contributed by atoms with Crippen molar-refractivity contribution >= 4 is 6.41 Å². The van der Waals surface area contributed by atoms with Crippen LogP contribution in [0.2, 0.25) is 0 Å². The first-order valence-corrected chi connectivity index (χ1v) is 11.2. The zero-order chi connectivity index (χ0) is 25.2. The smallest absolute Gasteiger partial charge is 0.207 e. The van der Waals surface area contributed by atoms with Crippen LogP contribution in [-0.4, -0.2) is 131 Å². The number of hydrogen-bond donors (Lipinski definition) is 10. The summed E-state index contributed by atoms with van der Waals surface area (Å²) in [5.74, 6) is 0. The average Bonchev–Trinajstić information content (AvgIpc) is 2.80. The molecule has 34 heavy (non-hydrogen) atoms. The van der Waals surface area contributed by atoms with Gasteiger partial charge in [0.15, 0.2) is 12.6 Å². The Morgan fingerprint density at radius 1 is 0.882 bits per heavy atom. The van der Waals surface area contributed by atoms with E-state index in [1.807, 2.05) is 0 Å². The number of aliphatic hydroxyl groups excluding tert-OH is 5. The van der Waals surface area contributed by atoms with Crippen LogP contribution in [-0.2, 0) is 23.7 Å². The Hall–Kier alpha value is -1.05. The predicted molar refractivity (Wildman–Crippen MR) is 113 cm³/mol. The Morgan fingerprint density at radius 3 is 2.15 bits per heavy atom. The van der Waals surface area contributed by atoms with Crippen molar-refractivity contribution in [3.63, 3.8) is 0 Å². The Kier molecular flexibility index (Phi) is 9.55. The average molecular weight is 496 g/mol. The number of carbonyl (C=O) groups is 1. The van der Waals surface area contributed by atoms with Gasteiger partial charge in [0, 0.05) is 12.6 Å². The first kappa shape index (κ1) is 27.5. The third kappa shape index (κ3) is 5.67. The van der Waals surface area contributed by atoms with Gasteiger partial charge in [0.25, 0.3) is 0 Å². The molecule has 0 aromatic heterocycles. The van der Waals surface area contributed by atoms with Gasteiger partial charge in [0.05, 0.1) is 36.9 Å². The van der Waals surface area contributed by atoms with Crippen LogP contribution in [0, 0.1) is 0 Å². The van der Waals surface area contributed by atoms with E-state index in [1.165, 1.54) is 0 Å². The van der Waals surface area contributed by atoms with Crippen LogP contribution in [0.1, 0.15) is 12.8 Å². The zero-order valence-corrected chi connectivity index (χ0v) is 18.6. The number of amides is 1. The second-order valence-corrected chi connectivity index (χ2v) is 9.01. The molecule has 14 unspecified atom stereocenters. The number of aliphatic hydroxyl groups is 5. The Morgan fingerprint density at radius 2 is 1.53 bits per heavy atom. The largest absolute Gasteiger partial charge is 0.394 e. The lowest BCUT2D eigenvalue weighted by Crippen LogP contribution is -2.68. The number of nitrogens with one attached hydrogen (secondary N) is 1. The highest BCUT2D eigenvalue weighted by Crippen LogP contribution is 2.31. The van der Waals surface area contributed by atoms with Crippen LogP contribution in [0.15, 0.2) is 0 Å². The maximum Gasteiger partial charge on any atom is 0.207 e. The van der Waals surface area contributed by atoms with Gasteiger partial charge in [-0.3, -0.25) is 4.79 Å². The van der Waals surface area contributed by atoms with Crippen molar-refractivity contribution in [1.82, 2.24) is 5.32 Å². The van der Waals surface area contributed by atoms with E-state index in [-0.39, 0.29) is 19.4 Å². The second kappa shape index (κ2) is 11.8. The fraction of sp³-hybridized carbons (Fsp3) is 0.947. The fourth-order valence-corrected chi connectivity index (χ4v) is 4.64.